The Labute approximate surface area is 159 Å². The van der Waals surface area contributed by atoms with Crippen molar-refractivity contribution in [3.05, 3.63) is 50.3 Å². The Hall–Kier alpha value is -1.45. The molecule has 0 saturated carbocycles. The molecule has 2 N–H and O–H groups in total. The Morgan fingerprint density at radius 3 is 2.16 bits per heavy atom. The molecule has 2 rings (SSSR count). The highest BCUT2D eigenvalue weighted by Crippen LogP contribution is 2.34. The zero-order chi connectivity index (χ0) is 18.9. The summed E-state index contributed by atoms with van der Waals surface area (Å²) in [5.41, 5.74) is 4.14. The van der Waals surface area contributed by atoms with Gasteiger partial charge in [0, 0.05) is 12.1 Å². The SMILES string of the molecule is Cc1[nH]c(C(=O)CCc2cc(C(C)C)c(O)cc2C(C)C)c(Cl)c1Cl. The number of aromatic amines is 1. The molecule has 1 aromatic heterocycles. The number of carbonyl (C=O) groups is 1. The second-order valence-corrected chi connectivity index (χ2v) is 7.85. The van der Waals surface area contributed by atoms with Gasteiger partial charge in [0.25, 0.3) is 0 Å². The molecule has 0 bridgehead atoms. The summed E-state index contributed by atoms with van der Waals surface area (Å²) in [7, 11) is 0. The molecule has 0 atom stereocenters. The summed E-state index contributed by atoms with van der Waals surface area (Å²) in [6.45, 7) is 10.0. The van der Waals surface area contributed by atoms with E-state index in [9.17, 15) is 9.90 Å². The van der Waals surface area contributed by atoms with E-state index in [1.807, 2.05) is 26.0 Å². The Bertz CT molecular complexity index is 791. The van der Waals surface area contributed by atoms with Gasteiger partial charge in [-0.15, -0.1) is 0 Å². The third-order valence-corrected chi connectivity index (χ3v) is 5.43. The highest BCUT2D eigenvalue weighted by molar-refractivity contribution is 6.44. The van der Waals surface area contributed by atoms with E-state index in [-0.39, 0.29) is 17.6 Å². The van der Waals surface area contributed by atoms with Crippen LogP contribution >= 0.6 is 23.2 Å². The zero-order valence-electron chi connectivity index (χ0n) is 15.3. The molecule has 0 aliphatic heterocycles. The van der Waals surface area contributed by atoms with E-state index in [0.29, 0.717) is 40.0 Å². The number of H-pyrrole nitrogens is 1. The van der Waals surface area contributed by atoms with Crippen LogP contribution in [-0.4, -0.2) is 15.9 Å². The van der Waals surface area contributed by atoms with Crippen LogP contribution in [0.2, 0.25) is 10.0 Å². The minimum Gasteiger partial charge on any atom is -0.508 e. The fraction of sp³-hybridized carbons (Fsp3) is 0.450. The highest BCUT2D eigenvalue weighted by Gasteiger charge is 2.19. The Morgan fingerprint density at radius 2 is 1.68 bits per heavy atom. The summed E-state index contributed by atoms with van der Waals surface area (Å²) < 4.78 is 0. The van der Waals surface area contributed by atoms with Crippen LogP contribution in [0.3, 0.4) is 0 Å². The lowest BCUT2D eigenvalue weighted by Crippen LogP contribution is -2.06. The zero-order valence-corrected chi connectivity index (χ0v) is 16.8. The summed E-state index contributed by atoms with van der Waals surface area (Å²) >= 11 is 12.2. The summed E-state index contributed by atoms with van der Waals surface area (Å²) in [6.07, 6.45) is 0.927. The van der Waals surface area contributed by atoms with Crippen LogP contribution in [-0.2, 0) is 6.42 Å². The molecule has 0 radical (unpaired) electrons. The predicted molar refractivity (Wildman–Crippen MR) is 104 cm³/mol. The normalized spacial score (nSPS) is 11.6. The Morgan fingerprint density at radius 1 is 1.08 bits per heavy atom. The van der Waals surface area contributed by atoms with E-state index in [1.54, 1.807) is 6.92 Å². The predicted octanol–water partition coefficient (Wildman–Crippen LogP) is 6.40. The van der Waals surface area contributed by atoms with Crippen LogP contribution in [0.4, 0.5) is 0 Å². The minimum atomic E-state index is -0.0612. The molecule has 1 heterocycles. The minimum absolute atomic E-state index is 0.0612. The van der Waals surface area contributed by atoms with E-state index in [1.165, 1.54) is 0 Å². The van der Waals surface area contributed by atoms with Crippen LogP contribution in [0.1, 0.15) is 78.8 Å². The van der Waals surface area contributed by atoms with E-state index >= 15 is 0 Å². The molecule has 0 spiro atoms. The topological polar surface area (TPSA) is 53.1 Å². The fourth-order valence-electron chi connectivity index (χ4n) is 3.02. The summed E-state index contributed by atoms with van der Waals surface area (Å²) in [5, 5.41) is 11.0. The summed E-state index contributed by atoms with van der Waals surface area (Å²) in [6, 6.07) is 3.86. The molecule has 3 nitrogen and oxygen atoms in total. The maximum atomic E-state index is 12.5. The molecule has 0 saturated heterocycles. The van der Waals surface area contributed by atoms with Crippen LogP contribution in [0.15, 0.2) is 12.1 Å². The van der Waals surface area contributed by atoms with Crippen molar-refractivity contribution in [3.8, 4) is 5.75 Å². The van der Waals surface area contributed by atoms with Crippen LogP contribution in [0.5, 0.6) is 5.75 Å². The Kier molecular flexibility index (Phi) is 6.23. The van der Waals surface area contributed by atoms with Gasteiger partial charge in [-0.05, 0) is 47.9 Å². The Balaban J connectivity index is 2.28. The molecule has 0 aliphatic carbocycles. The number of phenolic OH excluding ortho intramolecular Hbond substituents is 1. The summed E-state index contributed by atoms with van der Waals surface area (Å²) in [5.74, 6) is 0.746. The van der Waals surface area contributed by atoms with Crippen molar-refractivity contribution in [2.24, 2.45) is 0 Å². The van der Waals surface area contributed by atoms with E-state index in [2.05, 4.69) is 18.8 Å². The number of benzene rings is 1. The smallest absolute Gasteiger partial charge is 0.180 e. The standard InChI is InChI=1S/C20H25Cl2NO2/c1-10(2)14-9-17(25)15(11(3)4)8-13(14)6-7-16(24)20-19(22)18(21)12(5)23-20/h8-11,23,25H,6-7H2,1-5H3. The van der Waals surface area contributed by atoms with Crippen LogP contribution in [0.25, 0.3) is 0 Å². The first kappa shape index (κ1) is 19.9. The lowest BCUT2D eigenvalue weighted by Gasteiger charge is -2.18. The van der Waals surface area contributed by atoms with Gasteiger partial charge in [0.05, 0.1) is 10.0 Å². The molecular formula is C20H25Cl2NO2. The number of hydrogen-bond acceptors (Lipinski definition) is 2. The van der Waals surface area contributed by atoms with Crippen LogP contribution in [0, 0.1) is 6.92 Å². The second-order valence-electron chi connectivity index (χ2n) is 7.10. The van der Waals surface area contributed by atoms with Gasteiger partial charge in [-0.2, -0.15) is 0 Å². The first-order valence-electron chi connectivity index (χ1n) is 8.55. The average molecular weight is 382 g/mol. The van der Waals surface area contributed by atoms with Crippen molar-refractivity contribution in [2.45, 2.75) is 59.3 Å². The van der Waals surface area contributed by atoms with Gasteiger partial charge in [0.2, 0.25) is 0 Å². The molecule has 136 valence electrons. The van der Waals surface area contributed by atoms with Crippen molar-refractivity contribution in [3.63, 3.8) is 0 Å². The van der Waals surface area contributed by atoms with Crippen molar-refractivity contribution in [2.75, 3.05) is 0 Å². The first-order valence-corrected chi connectivity index (χ1v) is 9.31. The second kappa shape index (κ2) is 7.84. The average Bonchev–Trinajstić information content (AvgIpc) is 2.80. The van der Waals surface area contributed by atoms with Crippen LogP contribution < -0.4 is 0 Å². The van der Waals surface area contributed by atoms with Crippen molar-refractivity contribution in [1.82, 2.24) is 4.98 Å². The molecule has 0 aliphatic rings. The van der Waals surface area contributed by atoms with E-state index in [0.717, 1.165) is 16.7 Å². The number of ketones is 1. The van der Waals surface area contributed by atoms with E-state index < -0.39 is 0 Å². The molecule has 0 amide bonds. The number of carbonyl (C=O) groups excluding carboxylic acids is 1. The largest absolute Gasteiger partial charge is 0.508 e. The lowest BCUT2D eigenvalue weighted by atomic mass is 9.89. The molecule has 0 unspecified atom stereocenters. The molecule has 2 aromatic rings. The fourth-order valence-corrected chi connectivity index (χ4v) is 3.46. The number of halogens is 2. The quantitative estimate of drug-likeness (QED) is 0.568. The van der Waals surface area contributed by atoms with Crippen molar-refractivity contribution in [1.29, 1.82) is 0 Å². The number of aryl methyl sites for hydroxylation is 2. The third kappa shape index (κ3) is 4.21. The number of nitrogens with one attached hydrogen (secondary N) is 1. The number of Topliss-reactive ketones (excluding diaryl/α,β-unsaturated/α-hetero) is 1. The molecule has 0 fully saturated rings. The van der Waals surface area contributed by atoms with Gasteiger partial charge < -0.3 is 10.1 Å². The number of aromatic nitrogens is 1. The van der Waals surface area contributed by atoms with Gasteiger partial charge >= 0.3 is 0 Å². The number of hydrogen-bond donors (Lipinski definition) is 2. The van der Waals surface area contributed by atoms with Gasteiger partial charge in [-0.3, -0.25) is 4.79 Å². The van der Waals surface area contributed by atoms with E-state index in [4.69, 9.17) is 23.2 Å². The monoisotopic (exact) mass is 381 g/mol. The van der Waals surface area contributed by atoms with Crippen molar-refractivity contribution >= 4 is 29.0 Å². The van der Waals surface area contributed by atoms with Gasteiger partial charge in [0.15, 0.2) is 5.78 Å². The van der Waals surface area contributed by atoms with Gasteiger partial charge in [-0.1, -0.05) is 57.0 Å². The van der Waals surface area contributed by atoms with Gasteiger partial charge in [-0.25, -0.2) is 0 Å². The first-order chi connectivity index (χ1) is 11.6. The maximum Gasteiger partial charge on any atom is 0.180 e. The molecular weight excluding hydrogens is 357 g/mol. The molecule has 1 aromatic carbocycles. The number of aromatic hydroxyl groups is 1. The maximum absolute atomic E-state index is 12.5. The summed E-state index contributed by atoms with van der Waals surface area (Å²) in [4.78, 5) is 15.5. The molecule has 5 heteroatoms. The molecule has 25 heavy (non-hydrogen) atoms. The van der Waals surface area contributed by atoms with Gasteiger partial charge in [0.1, 0.15) is 11.4 Å². The van der Waals surface area contributed by atoms with Crippen molar-refractivity contribution < 1.29 is 9.90 Å². The lowest BCUT2D eigenvalue weighted by molar-refractivity contribution is 0.0978. The highest BCUT2D eigenvalue weighted by atomic mass is 35.5. The third-order valence-electron chi connectivity index (χ3n) is 4.49. The number of phenols is 1. The number of rotatable bonds is 6.